The third-order valence-electron chi connectivity index (χ3n) is 6.69. The SMILES string of the molecule is COCCN1C(N)=C(C#N)[C@H](c2cc(Cl)c(OCc3ccccc3Cl)c(Cl)c2)C2=C1CC(C)(C)CC2=O. The lowest BCUT2D eigenvalue weighted by Gasteiger charge is -2.43. The van der Waals surface area contributed by atoms with Crippen molar-refractivity contribution in [2.24, 2.45) is 11.1 Å². The van der Waals surface area contributed by atoms with Gasteiger partial charge in [0.15, 0.2) is 11.5 Å². The molecule has 0 bridgehead atoms. The zero-order chi connectivity index (χ0) is 26.9. The predicted molar refractivity (Wildman–Crippen MR) is 145 cm³/mol. The van der Waals surface area contributed by atoms with E-state index in [1.807, 2.05) is 23.1 Å². The first kappa shape index (κ1) is 27.3. The summed E-state index contributed by atoms with van der Waals surface area (Å²) < 4.78 is 11.2. The quantitative estimate of drug-likeness (QED) is 0.410. The van der Waals surface area contributed by atoms with Crippen LogP contribution >= 0.6 is 34.8 Å². The monoisotopic (exact) mass is 559 g/mol. The number of allylic oxidation sites excluding steroid dienone is 3. The first-order valence-corrected chi connectivity index (χ1v) is 13.0. The van der Waals surface area contributed by atoms with E-state index in [9.17, 15) is 10.1 Å². The number of ketones is 1. The zero-order valence-corrected chi connectivity index (χ0v) is 23.2. The van der Waals surface area contributed by atoms with E-state index in [-0.39, 0.29) is 33.4 Å². The zero-order valence-electron chi connectivity index (χ0n) is 20.9. The van der Waals surface area contributed by atoms with Gasteiger partial charge in [0.2, 0.25) is 0 Å². The Kier molecular flexibility index (Phi) is 8.11. The van der Waals surface area contributed by atoms with Crippen LogP contribution in [0.15, 0.2) is 59.1 Å². The second kappa shape index (κ2) is 11.0. The molecule has 0 aromatic heterocycles. The van der Waals surface area contributed by atoms with Crippen molar-refractivity contribution in [3.8, 4) is 11.8 Å². The van der Waals surface area contributed by atoms with Crippen molar-refractivity contribution in [2.45, 2.75) is 39.2 Å². The van der Waals surface area contributed by atoms with Gasteiger partial charge >= 0.3 is 0 Å². The molecular weight excluding hydrogens is 533 g/mol. The van der Waals surface area contributed by atoms with E-state index in [0.29, 0.717) is 53.7 Å². The van der Waals surface area contributed by atoms with Crippen molar-refractivity contribution < 1.29 is 14.3 Å². The number of carbonyl (C=O) groups is 1. The van der Waals surface area contributed by atoms with E-state index in [1.54, 1.807) is 25.3 Å². The van der Waals surface area contributed by atoms with E-state index in [1.165, 1.54) is 0 Å². The van der Waals surface area contributed by atoms with Crippen LogP contribution in [-0.2, 0) is 16.1 Å². The minimum atomic E-state index is -0.685. The van der Waals surface area contributed by atoms with Crippen LogP contribution < -0.4 is 10.5 Å². The molecule has 37 heavy (non-hydrogen) atoms. The molecule has 2 aliphatic rings. The molecule has 0 saturated heterocycles. The average molecular weight is 561 g/mol. The van der Waals surface area contributed by atoms with Crippen LogP contribution in [0.25, 0.3) is 0 Å². The molecule has 1 atom stereocenters. The molecule has 4 rings (SSSR count). The number of benzene rings is 2. The van der Waals surface area contributed by atoms with E-state index in [0.717, 1.165) is 11.3 Å². The van der Waals surface area contributed by atoms with Gasteiger partial charge in [0, 0.05) is 41.9 Å². The lowest BCUT2D eigenvalue weighted by molar-refractivity contribution is -0.118. The maximum absolute atomic E-state index is 13.6. The minimum Gasteiger partial charge on any atom is -0.486 e. The highest BCUT2D eigenvalue weighted by Gasteiger charge is 2.44. The molecule has 1 heterocycles. The third kappa shape index (κ3) is 5.46. The van der Waals surface area contributed by atoms with Crippen LogP contribution in [0.2, 0.25) is 15.1 Å². The van der Waals surface area contributed by atoms with E-state index in [4.69, 9.17) is 50.0 Å². The lowest BCUT2D eigenvalue weighted by atomic mass is 9.68. The first-order chi connectivity index (χ1) is 17.6. The van der Waals surface area contributed by atoms with Crippen molar-refractivity contribution >= 4 is 40.6 Å². The van der Waals surface area contributed by atoms with Gasteiger partial charge in [-0.05, 0) is 35.6 Å². The molecule has 0 fully saturated rings. The standard InChI is InChI=1S/C28H28Cl3N3O3/c1-28(2)12-22-25(23(35)13-28)24(18(14-32)27(33)34(22)8-9-36-3)17-10-20(30)26(21(31)11-17)37-15-16-6-4-5-7-19(16)29/h4-7,10-11,24H,8-9,12-13,15,33H2,1-3H3/t24-/m0/s1. The number of halogens is 3. The van der Waals surface area contributed by atoms with E-state index < -0.39 is 5.92 Å². The molecule has 9 heteroatoms. The van der Waals surface area contributed by atoms with Crippen molar-refractivity contribution in [3.05, 3.63) is 85.3 Å². The molecule has 6 nitrogen and oxygen atoms in total. The summed E-state index contributed by atoms with van der Waals surface area (Å²) in [6.07, 6.45) is 0.994. The summed E-state index contributed by atoms with van der Waals surface area (Å²) in [4.78, 5) is 15.4. The summed E-state index contributed by atoms with van der Waals surface area (Å²) in [6.45, 7) is 5.10. The highest BCUT2D eigenvalue weighted by molar-refractivity contribution is 6.37. The highest BCUT2D eigenvalue weighted by Crippen LogP contribution is 2.50. The van der Waals surface area contributed by atoms with Gasteiger partial charge in [0.1, 0.15) is 12.4 Å². The number of hydrogen-bond acceptors (Lipinski definition) is 6. The Labute approximate surface area is 232 Å². The van der Waals surface area contributed by atoms with Crippen LogP contribution in [0.3, 0.4) is 0 Å². The van der Waals surface area contributed by atoms with Gasteiger partial charge in [0.25, 0.3) is 0 Å². The summed E-state index contributed by atoms with van der Waals surface area (Å²) in [5, 5.41) is 11.3. The predicted octanol–water partition coefficient (Wildman–Crippen LogP) is 6.61. The summed E-state index contributed by atoms with van der Waals surface area (Å²) in [5.41, 5.74) is 9.34. The third-order valence-corrected chi connectivity index (χ3v) is 7.62. The molecule has 0 saturated carbocycles. The Hall–Kier alpha value is -2.69. The normalized spacial score (nSPS) is 19.1. The van der Waals surface area contributed by atoms with Gasteiger partial charge < -0.3 is 20.1 Å². The van der Waals surface area contributed by atoms with Gasteiger partial charge in [-0.1, -0.05) is 66.8 Å². The van der Waals surface area contributed by atoms with Crippen molar-refractivity contribution in [1.82, 2.24) is 4.90 Å². The van der Waals surface area contributed by atoms with Gasteiger partial charge in [0.05, 0.1) is 34.2 Å². The average Bonchev–Trinajstić information content (AvgIpc) is 2.82. The Balaban J connectivity index is 1.78. The fourth-order valence-electron chi connectivity index (χ4n) is 5.00. The number of ether oxygens (including phenoxy) is 2. The highest BCUT2D eigenvalue weighted by atomic mass is 35.5. The van der Waals surface area contributed by atoms with Crippen LogP contribution in [0.5, 0.6) is 5.75 Å². The Morgan fingerprint density at radius 1 is 1.14 bits per heavy atom. The number of Topliss-reactive ketones (excluding diaryl/α,β-unsaturated/α-hetero) is 1. The Bertz CT molecular complexity index is 1320. The lowest BCUT2D eigenvalue weighted by Crippen LogP contribution is -2.43. The fraction of sp³-hybridized carbons (Fsp3) is 0.357. The number of nitrogens with two attached hydrogens (primary N) is 1. The number of rotatable bonds is 7. The van der Waals surface area contributed by atoms with Gasteiger partial charge in [-0.2, -0.15) is 5.26 Å². The molecule has 2 aromatic carbocycles. The van der Waals surface area contributed by atoms with Crippen LogP contribution in [0.1, 0.15) is 43.7 Å². The molecule has 2 aromatic rings. The maximum Gasteiger partial charge on any atom is 0.162 e. The number of nitrogens with zero attached hydrogens (tertiary/aromatic N) is 2. The molecular formula is C28H28Cl3N3O3. The second-order valence-electron chi connectivity index (χ2n) is 9.98. The topological polar surface area (TPSA) is 88.6 Å². The first-order valence-electron chi connectivity index (χ1n) is 11.9. The van der Waals surface area contributed by atoms with Crippen molar-refractivity contribution in [1.29, 1.82) is 5.26 Å². The van der Waals surface area contributed by atoms with E-state index in [2.05, 4.69) is 19.9 Å². The molecule has 194 valence electrons. The van der Waals surface area contributed by atoms with Gasteiger partial charge in [-0.15, -0.1) is 0 Å². The summed E-state index contributed by atoms with van der Waals surface area (Å²) in [7, 11) is 1.60. The van der Waals surface area contributed by atoms with Crippen molar-refractivity contribution in [2.75, 3.05) is 20.3 Å². The minimum absolute atomic E-state index is 0.0230. The Morgan fingerprint density at radius 2 is 1.81 bits per heavy atom. The van der Waals surface area contributed by atoms with Crippen molar-refractivity contribution in [3.63, 3.8) is 0 Å². The van der Waals surface area contributed by atoms with Gasteiger partial charge in [-0.3, -0.25) is 4.79 Å². The van der Waals surface area contributed by atoms with Crippen LogP contribution in [0, 0.1) is 16.7 Å². The van der Waals surface area contributed by atoms with Crippen LogP contribution in [-0.4, -0.2) is 30.9 Å². The fourth-order valence-corrected chi connectivity index (χ4v) is 5.80. The molecule has 0 amide bonds. The smallest absolute Gasteiger partial charge is 0.162 e. The summed E-state index contributed by atoms with van der Waals surface area (Å²) in [6, 6.07) is 13.0. The number of nitriles is 1. The molecule has 1 aliphatic heterocycles. The number of methoxy groups -OCH3 is 1. The molecule has 2 N–H and O–H groups in total. The molecule has 1 aliphatic carbocycles. The maximum atomic E-state index is 13.6. The Morgan fingerprint density at radius 3 is 2.43 bits per heavy atom. The molecule has 0 radical (unpaired) electrons. The summed E-state index contributed by atoms with van der Waals surface area (Å²) in [5.74, 6) is -0.106. The molecule has 0 unspecified atom stereocenters. The van der Waals surface area contributed by atoms with Crippen LogP contribution in [0.4, 0.5) is 0 Å². The number of hydrogen-bond donors (Lipinski definition) is 1. The number of carbonyl (C=O) groups excluding carboxylic acids is 1. The molecule has 0 spiro atoms. The van der Waals surface area contributed by atoms with E-state index >= 15 is 0 Å². The summed E-state index contributed by atoms with van der Waals surface area (Å²) >= 11 is 19.5. The van der Waals surface area contributed by atoms with Gasteiger partial charge in [-0.25, -0.2) is 0 Å². The second-order valence-corrected chi connectivity index (χ2v) is 11.2. The largest absolute Gasteiger partial charge is 0.486 e.